The summed E-state index contributed by atoms with van der Waals surface area (Å²) < 4.78 is 0. The summed E-state index contributed by atoms with van der Waals surface area (Å²) in [5.74, 6) is 6.74. The van der Waals surface area contributed by atoms with Crippen LogP contribution in [0.15, 0.2) is 12.4 Å². The van der Waals surface area contributed by atoms with E-state index in [4.69, 9.17) is 0 Å². The minimum absolute atomic E-state index is 0.779. The third-order valence-corrected chi connectivity index (χ3v) is 1.63. The summed E-state index contributed by atoms with van der Waals surface area (Å²) in [7, 11) is 0. The lowest BCUT2D eigenvalue weighted by Crippen LogP contribution is -1.86. The Morgan fingerprint density at radius 2 is 2.08 bits per heavy atom. The van der Waals surface area contributed by atoms with Crippen LogP contribution in [0.2, 0.25) is 0 Å². The van der Waals surface area contributed by atoms with Gasteiger partial charge in [0.05, 0.1) is 5.56 Å². The molecular weight excluding hydrogens is 216 g/mol. The Balaban J connectivity index is 2.66. The Kier molecular flexibility index (Phi) is 3.75. The fraction of sp³-hybridized carbons (Fsp3) is 0.333. The zero-order chi connectivity index (χ0) is 8.81. The average molecular weight is 225 g/mol. The van der Waals surface area contributed by atoms with Gasteiger partial charge < -0.3 is 0 Å². The molecule has 1 aromatic heterocycles. The lowest BCUT2D eigenvalue weighted by Gasteiger charge is -1.89. The van der Waals surface area contributed by atoms with Gasteiger partial charge in [0.1, 0.15) is 5.82 Å². The van der Waals surface area contributed by atoms with Crippen LogP contribution in [0.1, 0.15) is 17.8 Å². The van der Waals surface area contributed by atoms with Crippen LogP contribution < -0.4 is 0 Å². The molecule has 0 radical (unpaired) electrons. The van der Waals surface area contributed by atoms with E-state index in [9.17, 15) is 0 Å². The second-order valence-corrected chi connectivity index (χ2v) is 3.05. The second kappa shape index (κ2) is 4.89. The third-order valence-electron chi connectivity index (χ3n) is 1.23. The van der Waals surface area contributed by atoms with Crippen molar-refractivity contribution in [3.63, 3.8) is 0 Å². The van der Waals surface area contributed by atoms with Crippen molar-refractivity contribution < 1.29 is 0 Å². The Morgan fingerprint density at radius 3 is 2.67 bits per heavy atom. The highest BCUT2D eigenvalue weighted by atomic mass is 79.9. The van der Waals surface area contributed by atoms with Gasteiger partial charge in [0.2, 0.25) is 0 Å². The molecule has 0 amide bonds. The topological polar surface area (TPSA) is 25.8 Å². The van der Waals surface area contributed by atoms with Crippen molar-refractivity contribution in [3.05, 3.63) is 23.8 Å². The monoisotopic (exact) mass is 224 g/mol. The molecular formula is C9H9BrN2. The first kappa shape index (κ1) is 9.21. The van der Waals surface area contributed by atoms with Crippen molar-refractivity contribution in [2.75, 3.05) is 5.33 Å². The lowest BCUT2D eigenvalue weighted by molar-refractivity contribution is 1.05. The van der Waals surface area contributed by atoms with E-state index < -0.39 is 0 Å². The molecule has 3 heteroatoms. The molecule has 0 saturated heterocycles. The van der Waals surface area contributed by atoms with Gasteiger partial charge in [0.25, 0.3) is 0 Å². The molecule has 0 aliphatic carbocycles. The fourth-order valence-electron chi connectivity index (χ4n) is 0.669. The lowest BCUT2D eigenvalue weighted by atomic mass is 10.3. The van der Waals surface area contributed by atoms with E-state index in [1.807, 2.05) is 6.92 Å². The van der Waals surface area contributed by atoms with Crippen molar-refractivity contribution in [1.82, 2.24) is 9.97 Å². The summed E-state index contributed by atoms with van der Waals surface area (Å²) in [6.45, 7) is 1.86. The van der Waals surface area contributed by atoms with E-state index >= 15 is 0 Å². The smallest absolute Gasteiger partial charge is 0.125 e. The van der Waals surface area contributed by atoms with E-state index in [0.29, 0.717) is 0 Å². The molecule has 1 aromatic rings. The molecule has 12 heavy (non-hydrogen) atoms. The highest BCUT2D eigenvalue weighted by Gasteiger charge is 1.87. The Labute approximate surface area is 80.6 Å². The highest BCUT2D eigenvalue weighted by molar-refractivity contribution is 9.09. The van der Waals surface area contributed by atoms with Crippen molar-refractivity contribution in [2.24, 2.45) is 0 Å². The number of hydrogen-bond acceptors (Lipinski definition) is 2. The van der Waals surface area contributed by atoms with Crippen LogP contribution in [0.4, 0.5) is 0 Å². The number of aromatic nitrogens is 2. The minimum Gasteiger partial charge on any atom is -0.240 e. The van der Waals surface area contributed by atoms with Crippen LogP contribution in [-0.4, -0.2) is 15.3 Å². The van der Waals surface area contributed by atoms with Gasteiger partial charge in [-0.2, -0.15) is 0 Å². The maximum absolute atomic E-state index is 4.03. The van der Waals surface area contributed by atoms with Gasteiger partial charge >= 0.3 is 0 Å². The predicted molar refractivity (Wildman–Crippen MR) is 52.1 cm³/mol. The molecule has 1 heterocycles. The molecule has 0 bridgehead atoms. The van der Waals surface area contributed by atoms with Crippen molar-refractivity contribution in [2.45, 2.75) is 13.3 Å². The summed E-state index contributed by atoms with van der Waals surface area (Å²) >= 11 is 3.30. The maximum atomic E-state index is 4.03. The van der Waals surface area contributed by atoms with E-state index in [1.165, 1.54) is 0 Å². The molecule has 62 valence electrons. The van der Waals surface area contributed by atoms with Crippen molar-refractivity contribution >= 4 is 15.9 Å². The van der Waals surface area contributed by atoms with Crippen molar-refractivity contribution in [1.29, 1.82) is 0 Å². The largest absolute Gasteiger partial charge is 0.240 e. The van der Waals surface area contributed by atoms with Gasteiger partial charge in [-0.15, -0.1) is 0 Å². The van der Waals surface area contributed by atoms with Crippen LogP contribution in [0.3, 0.4) is 0 Å². The summed E-state index contributed by atoms with van der Waals surface area (Å²) in [6, 6.07) is 0. The van der Waals surface area contributed by atoms with Crippen LogP contribution in [0.5, 0.6) is 0 Å². The molecule has 0 unspecified atom stereocenters. The normalized spacial score (nSPS) is 8.83. The average Bonchev–Trinajstić information content (AvgIpc) is 2.09. The molecule has 2 nitrogen and oxygen atoms in total. The fourth-order valence-corrected chi connectivity index (χ4v) is 0.867. The van der Waals surface area contributed by atoms with Gasteiger partial charge in [-0.05, 0) is 6.92 Å². The molecule has 0 aromatic carbocycles. The Bertz CT molecular complexity index is 295. The molecule has 0 atom stereocenters. The number of hydrogen-bond donors (Lipinski definition) is 0. The quantitative estimate of drug-likeness (QED) is 0.539. The molecule has 0 spiro atoms. The van der Waals surface area contributed by atoms with Crippen LogP contribution in [-0.2, 0) is 0 Å². The summed E-state index contributed by atoms with van der Waals surface area (Å²) in [5, 5.41) is 0.909. The zero-order valence-corrected chi connectivity index (χ0v) is 8.43. The number of halogens is 1. The van der Waals surface area contributed by atoms with E-state index in [1.54, 1.807) is 12.4 Å². The predicted octanol–water partition coefficient (Wildman–Crippen LogP) is 1.92. The van der Waals surface area contributed by atoms with Gasteiger partial charge in [-0.3, -0.25) is 0 Å². The van der Waals surface area contributed by atoms with E-state index in [-0.39, 0.29) is 0 Å². The van der Waals surface area contributed by atoms with Gasteiger partial charge in [-0.25, -0.2) is 9.97 Å². The first-order valence-electron chi connectivity index (χ1n) is 3.66. The number of aryl methyl sites for hydroxylation is 1. The first-order valence-corrected chi connectivity index (χ1v) is 4.78. The number of alkyl halides is 1. The summed E-state index contributed by atoms with van der Waals surface area (Å²) in [4.78, 5) is 8.07. The number of nitrogens with zero attached hydrogens (tertiary/aromatic N) is 2. The standard InChI is InChI=1S/C9H9BrN2/c1-8-11-6-9(7-12-8)4-2-3-5-10/h6-7H,3,5H2,1H3. The Morgan fingerprint density at radius 1 is 1.42 bits per heavy atom. The molecule has 0 aliphatic rings. The van der Waals surface area contributed by atoms with Gasteiger partial charge in [0.15, 0.2) is 0 Å². The molecule has 1 rings (SSSR count). The minimum atomic E-state index is 0.779. The third kappa shape index (κ3) is 3.02. The van der Waals surface area contributed by atoms with E-state index in [0.717, 1.165) is 23.1 Å². The molecule has 0 saturated carbocycles. The molecule has 0 fully saturated rings. The highest BCUT2D eigenvalue weighted by Crippen LogP contribution is 1.93. The molecule has 0 N–H and O–H groups in total. The summed E-state index contributed by atoms with van der Waals surface area (Å²) in [6.07, 6.45) is 4.33. The molecule has 0 aliphatic heterocycles. The zero-order valence-electron chi connectivity index (χ0n) is 6.84. The van der Waals surface area contributed by atoms with Crippen LogP contribution in [0, 0.1) is 18.8 Å². The van der Waals surface area contributed by atoms with Gasteiger partial charge in [-0.1, -0.05) is 27.8 Å². The van der Waals surface area contributed by atoms with Crippen LogP contribution in [0.25, 0.3) is 0 Å². The Hall–Kier alpha value is -0.880. The van der Waals surface area contributed by atoms with Crippen LogP contribution >= 0.6 is 15.9 Å². The first-order chi connectivity index (χ1) is 5.83. The van der Waals surface area contributed by atoms with Gasteiger partial charge in [0, 0.05) is 24.1 Å². The SMILES string of the molecule is Cc1ncc(C#CCCBr)cn1. The maximum Gasteiger partial charge on any atom is 0.125 e. The summed E-state index contributed by atoms with van der Waals surface area (Å²) in [5.41, 5.74) is 0.876. The van der Waals surface area contributed by atoms with Crippen molar-refractivity contribution in [3.8, 4) is 11.8 Å². The van der Waals surface area contributed by atoms with E-state index in [2.05, 4.69) is 37.7 Å². The number of rotatable bonds is 1. The second-order valence-electron chi connectivity index (χ2n) is 2.26.